The summed E-state index contributed by atoms with van der Waals surface area (Å²) in [7, 11) is -0.765. The van der Waals surface area contributed by atoms with Crippen molar-refractivity contribution in [1.29, 1.82) is 0 Å². The topological polar surface area (TPSA) is 115 Å². The van der Waals surface area contributed by atoms with Gasteiger partial charge in [-0.05, 0) is 30.3 Å². The lowest BCUT2D eigenvalue weighted by atomic mass is 10.2. The predicted molar refractivity (Wildman–Crippen MR) is 103 cm³/mol. The molecule has 0 aliphatic heterocycles. The van der Waals surface area contributed by atoms with Crippen LogP contribution in [0.15, 0.2) is 53.6 Å². The van der Waals surface area contributed by atoms with Crippen molar-refractivity contribution in [2.75, 3.05) is 27.3 Å². The zero-order valence-electron chi connectivity index (χ0n) is 15.3. The molecule has 0 aliphatic carbocycles. The number of aromatic nitrogens is 1. The van der Waals surface area contributed by atoms with Gasteiger partial charge in [-0.2, -0.15) is 4.31 Å². The van der Waals surface area contributed by atoms with E-state index in [1.54, 1.807) is 31.4 Å². The zero-order valence-corrected chi connectivity index (χ0v) is 16.1. The van der Waals surface area contributed by atoms with Crippen LogP contribution in [0.2, 0.25) is 0 Å². The number of aromatic amines is 1. The average molecular weight is 405 g/mol. The molecule has 0 fully saturated rings. The molecular weight excluding hydrogens is 386 g/mol. The number of benzene rings is 2. The van der Waals surface area contributed by atoms with Crippen molar-refractivity contribution < 1.29 is 22.8 Å². The summed E-state index contributed by atoms with van der Waals surface area (Å²) in [5, 5.41) is 11.3. The molecule has 0 atom stereocenters. The molecule has 10 heteroatoms. The maximum Gasteiger partial charge on any atom is 0.271 e. The first kappa shape index (κ1) is 19.6. The highest BCUT2D eigenvalue weighted by atomic mass is 32.2. The van der Waals surface area contributed by atoms with Crippen molar-refractivity contribution in [3.63, 3.8) is 0 Å². The third-order valence-electron chi connectivity index (χ3n) is 4.26. The van der Waals surface area contributed by atoms with E-state index in [0.29, 0.717) is 22.4 Å². The molecule has 3 aromatic rings. The fourth-order valence-corrected chi connectivity index (χ4v) is 3.98. The van der Waals surface area contributed by atoms with Crippen LogP contribution in [-0.4, -0.2) is 49.9 Å². The van der Waals surface area contributed by atoms with Crippen LogP contribution in [0.4, 0.5) is 5.69 Å². The van der Waals surface area contributed by atoms with Crippen LogP contribution >= 0.6 is 0 Å². The summed E-state index contributed by atoms with van der Waals surface area (Å²) in [6.45, 7) is 0.296. The van der Waals surface area contributed by atoms with Gasteiger partial charge in [0.25, 0.3) is 5.69 Å². The molecule has 0 amide bonds. The average Bonchev–Trinajstić information content (AvgIpc) is 3.12. The van der Waals surface area contributed by atoms with Crippen LogP contribution in [0.1, 0.15) is 0 Å². The van der Waals surface area contributed by atoms with E-state index in [2.05, 4.69) is 4.98 Å². The van der Waals surface area contributed by atoms with Crippen LogP contribution < -0.4 is 9.47 Å². The zero-order chi connectivity index (χ0) is 20.3. The van der Waals surface area contributed by atoms with Gasteiger partial charge in [-0.25, -0.2) is 8.42 Å². The first-order valence-electron chi connectivity index (χ1n) is 8.31. The predicted octanol–water partition coefficient (Wildman–Crippen LogP) is 2.78. The van der Waals surface area contributed by atoms with Gasteiger partial charge in [0, 0.05) is 37.3 Å². The second-order valence-corrected chi connectivity index (χ2v) is 8.00. The SMILES string of the molecule is COc1ccc(OCCN(C)S(=O)(=O)c2c[nH]c3cc([N+](=O)[O-])ccc23)cc1. The summed E-state index contributed by atoms with van der Waals surface area (Å²) in [6, 6.07) is 11.0. The minimum atomic E-state index is -3.79. The number of nitro groups is 1. The largest absolute Gasteiger partial charge is 0.497 e. The molecule has 1 heterocycles. The van der Waals surface area contributed by atoms with Crippen LogP contribution in [0.5, 0.6) is 11.5 Å². The third-order valence-corrected chi connectivity index (χ3v) is 6.16. The molecule has 2 aromatic carbocycles. The normalized spacial score (nSPS) is 11.7. The molecule has 28 heavy (non-hydrogen) atoms. The van der Waals surface area contributed by atoms with Crippen molar-refractivity contribution >= 4 is 26.6 Å². The lowest BCUT2D eigenvalue weighted by Crippen LogP contribution is -2.30. The fourth-order valence-electron chi connectivity index (χ4n) is 2.67. The molecule has 3 rings (SSSR count). The van der Waals surface area contributed by atoms with Gasteiger partial charge in [-0.15, -0.1) is 0 Å². The van der Waals surface area contributed by atoms with Gasteiger partial charge in [0.1, 0.15) is 23.0 Å². The van der Waals surface area contributed by atoms with Crippen molar-refractivity contribution in [3.8, 4) is 11.5 Å². The number of ether oxygens (including phenoxy) is 2. The number of sulfonamides is 1. The first-order valence-corrected chi connectivity index (χ1v) is 9.75. The number of hydrogen-bond acceptors (Lipinski definition) is 6. The Hall–Kier alpha value is -3.11. The Bertz CT molecular complexity index is 1090. The standard InChI is InChI=1S/C18H19N3O6S/c1-20(9-10-27-15-6-4-14(26-2)5-7-15)28(24,25)18-12-19-17-11-13(21(22)23)3-8-16(17)18/h3-8,11-12,19H,9-10H2,1-2H3. The van der Waals surface area contributed by atoms with Gasteiger partial charge < -0.3 is 14.5 Å². The Morgan fingerprint density at radius 1 is 1.14 bits per heavy atom. The molecule has 1 N–H and O–H groups in total. The highest BCUT2D eigenvalue weighted by Gasteiger charge is 2.25. The van der Waals surface area contributed by atoms with E-state index in [4.69, 9.17) is 9.47 Å². The minimum absolute atomic E-state index is 0.0596. The Kier molecular flexibility index (Phi) is 5.52. The van der Waals surface area contributed by atoms with Gasteiger partial charge >= 0.3 is 0 Å². The second kappa shape index (κ2) is 7.87. The number of nitrogens with zero attached hydrogens (tertiary/aromatic N) is 2. The molecule has 0 saturated carbocycles. The van der Waals surface area contributed by atoms with E-state index in [1.165, 1.54) is 35.7 Å². The van der Waals surface area contributed by atoms with Crippen molar-refractivity contribution in [1.82, 2.24) is 9.29 Å². The van der Waals surface area contributed by atoms with Crippen molar-refractivity contribution in [2.24, 2.45) is 0 Å². The summed E-state index contributed by atoms with van der Waals surface area (Å²) < 4.78 is 37.5. The summed E-state index contributed by atoms with van der Waals surface area (Å²) in [5.74, 6) is 1.30. The Balaban J connectivity index is 1.71. The van der Waals surface area contributed by atoms with Crippen molar-refractivity contribution in [2.45, 2.75) is 4.90 Å². The fraction of sp³-hybridized carbons (Fsp3) is 0.222. The van der Waals surface area contributed by atoms with E-state index < -0.39 is 14.9 Å². The molecule has 1 aromatic heterocycles. The maximum absolute atomic E-state index is 12.9. The van der Waals surface area contributed by atoms with Crippen LogP contribution in [0.25, 0.3) is 10.9 Å². The van der Waals surface area contributed by atoms with Gasteiger partial charge in [0.05, 0.1) is 17.5 Å². The molecule has 0 aliphatic rings. The monoisotopic (exact) mass is 405 g/mol. The van der Waals surface area contributed by atoms with Crippen LogP contribution in [-0.2, 0) is 10.0 Å². The van der Waals surface area contributed by atoms with Gasteiger partial charge in [-0.3, -0.25) is 10.1 Å². The molecule has 0 radical (unpaired) electrons. The van der Waals surface area contributed by atoms with Gasteiger partial charge in [0.15, 0.2) is 0 Å². The molecule has 0 bridgehead atoms. The number of fused-ring (bicyclic) bond motifs is 1. The Labute approximate surface area is 161 Å². The second-order valence-electron chi connectivity index (χ2n) is 5.99. The molecule has 0 saturated heterocycles. The summed E-state index contributed by atoms with van der Waals surface area (Å²) in [4.78, 5) is 13.2. The highest BCUT2D eigenvalue weighted by molar-refractivity contribution is 7.89. The number of H-pyrrole nitrogens is 1. The number of nitro benzene ring substituents is 1. The van der Waals surface area contributed by atoms with E-state index >= 15 is 0 Å². The van der Waals surface area contributed by atoms with Crippen LogP contribution in [0, 0.1) is 10.1 Å². The molecular formula is C18H19N3O6S. The van der Waals surface area contributed by atoms with Crippen LogP contribution in [0.3, 0.4) is 0 Å². The maximum atomic E-state index is 12.9. The lowest BCUT2D eigenvalue weighted by molar-refractivity contribution is -0.384. The minimum Gasteiger partial charge on any atom is -0.497 e. The summed E-state index contributed by atoms with van der Waals surface area (Å²) in [5.41, 5.74) is 0.273. The number of rotatable bonds is 8. The quantitative estimate of drug-likeness (QED) is 0.455. The molecule has 0 spiro atoms. The Morgan fingerprint density at radius 3 is 2.46 bits per heavy atom. The summed E-state index contributed by atoms with van der Waals surface area (Å²) in [6.07, 6.45) is 1.34. The number of methoxy groups -OCH3 is 1. The number of nitrogens with one attached hydrogen (secondary N) is 1. The molecule has 148 valence electrons. The van der Waals surface area contributed by atoms with E-state index in [9.17, 15) is 18.5 Å². The van der Waals surface area contributed by atoms with E-state index in [-0.39, 0.29) is 23.7 Å². The number of non-ortho nitro benzene ring substituents is 1. The lowest BCUT2D eigenvalue weighted by Gasteiger charge is -2.17. The smallest absolute Gasteiger partial charge is 0.271 e. The van der Waals surface area contributed by atoms with Crippen molar-refractivity contribution in [3.05, 3.63) is 58.8 Å². The number of likely N-dealkylation sites (N-methyl/N-ethyl adjacent to an activating group) is 1. The van der Waals surface area contributed by atoms with E-state index in [1.807, 2.05) is 0 Å². The molecule has 0 unspecified atom stereocenters. The van der Waals surface area contributed by atoms with Gasteiger partial charge in [0.2, 0.25) is 10.0 Å². The highest BCUT2D eigenvalue weighted by Crippen LogP contribution is 2.28. The summed E-state index contributed by atoms with van der Waals surface area (Å²) >= 11 is 0. The van der Waals surface area contributed by atoms with Gasteiger partial charge in [-0.1, -0.05) is 0 Å². The number of hydrogen-bond donors (Lipinski definition) is 1. The van der Waals surface area contributed by atoms with E-state index in [0.717, 1.165) is 0 Å². The first-order chi connectivity index (χ1) is 13.3. The molecule has 9 nitrogen and oxygen atoms in total. The Morgan fingerprint density at radius 2 is 1.82 bits per heavy atom. The third kappa shape index (κ3) is 3.92.